The molecule has 0 aliphatic heterocycles. The highest BCUT2D eigenvalue weighted by Crippen LogP contribution is 2.14. The molecule has 1 N–H and O–H groups in total. The maximum Gasteiger partial charge on any atom is 0.339 e. The van der Waals surface area contributed by atoms with Crippen LogP contribution in [0.1, 0.15) is 105 Å². The first-order valence-corrected chi connectivity index (χ1v) is 13.3. The molecule has 8 heteroatoms. The maximum absolute atomic E-state index is 12.3. The quantitative estimate of drug-likeness (QED) is 0.169. The van der Waals surface area contributed by atoms with Gasteiger partial charge >= 0.3 is 11.9 Å². The van der Waals surface area contributed by atoms with Crippen LogP contribution in [0.5, 0.6) is 0 Å². The minimum Gasteiger partial charge on any atom is -0.462 e. The van der Waals surface area contributed by atoms with Crippen LogP contribution < -0.4 is 0 Å². The first-order valence-electron chi connectivity index (χ1n) is 11.7. The van der Waals surface area contributed by atoms with Crippen LogP contribution in [0.2, 0.25) is 0 Å². The Morgan fingerprint density at radius 3 is 1.56 bits per heavy atom. The molecule has 0 saturated carbocycles. The average Bonchev–Trinajstić information content (AvgIpc) is 2.75. The third-order valence-corrected chi connectivity index (χ3v) is 5.85. The molecule has 32 heavy (non-hydrogen) atoms. The Hall–Kier alpha value is -1.93. The third kappa shape index (κ3) is 13.5. The molecule has 0 heterocycles. The van der Waals surface area contributed by atoms with Crippen LogP contribution in [0, 0.1) is 0 Å². The summed E-state index contributed by atoms with van der Waals surface area (Å²) >= 11 is 0. The summed E-state index contributed by atoms with van der Waals surface area (Å²) in [4.78, 5) is 24.5. The van der Waals surface area contributed by atoms with E-state index in [1.54, 1.807) is 12.1 Å². The van der Waals surface area contributed by atoms with Gasteiger partial charge in [-0.15, -0.1) is 0 Å². The van der Waals surface area contributed by atoms with Crippen molar-refractivity contribution >= 4 is 22.1 Å². The molecule has 7 nitrogen and oxygen atoms in total. The van der Waals surface area contributed by atoms with Gasteiger partial charge in [0.2, 0.25) is 0 Å². The first kappa shape index (κ1) is 28.1. The first-order chi connectivity index (χ1) is 15.3. The predicted octanol–water partition coefficient (Wildman–Crippen LogP) is 5.59. The number of esters is 2. The minimum absolute atomic E-state index is 0.00234. The summed E-state index contributed by atoms with van der Waals surface area (Å²) in [5.41, 5.74) is 0.0748. The van der Waals surface area contributed by atoms with Crippen LogP contribution in [-0.4, -0.2) is 43.9 Å². The SMILES string of the molecule is CCCCCCCCCCCCCCOC(=O)c1ccccc1C(=O)OCCS(=O)(=O)O. The highest BCUT2D eigenvalue weighted by Gasteiger charge is 2.19. The summed E-state index contributed by atoms with van der Waals surface area (Å²) in [6.45, 7) is 2.01. The van der Waals surface area contributed by atoms with Gasteiger partial charge in [-0.3, -0.25) is 4.55 Å². The van der Waals surface area contributed by atoms with Crippen molar-refractivity contribution in [2.75, 3.05) is 19.0 Å². The highest BCUT2D eigenvalue weighted by atomic mass is 32.2. The van der Waals surface area contributed by atoms with Crippen molar-refractivity contribution < 1.29 is 32.0 Å². The minimum atomic E-state index is -4.23. The van der Waals surface area contributed by atoms with Crippen LogP contribution >= 0.6 is 0 Å². The van der Waals surface area contributed by atoms with Gasteiger partial charge in [-0.05, 0) is 18.6 Å². The Morgan fingerprint density at radius 1 is 0.719 bits per heavy atom. The molecule has 0 radical (unpaired) electrons. The van der Waals surface area contributed by atoms with E-state index >= 15 is 0 Å². The molecule has 0 atom stereocenters. The van der Waals surface area contributed by atoms with Crippen LogP contribution in [0.3, 0.4) is 0 Å². The van der Waals surface area contributed by atoms with Crippen molar-refractivity contribution in [3.63, 3.8) is 0 Å². The van der Waals surface area contributed by atoms with Gasteiger partial charge in [-0.1, -0.05) is 89.7 Å². The molecule has 0 spiro atoms. The van der Waals surface area contributed by atoms with E-state index in [0.717, 1.165) is 19.3 Å². The normalized spacial score (nSPS) is 11.3. The van der Waals surface area contributed by atoms with E-state index in [-0.39, 0.29) is 17.7 Å². The summed E-state index contributed by atoms with van der Waals surface area (Å²) in [7, 11) is -4.23. The topological polar surface area (TPSA) is 107 Å². The number of ether oxygens (including phenoxy) is 2. The van der Waals surface area contributed by atoms with E-state index in [0.29, 0.717) is 0 Å². The lowest BCUT2D eigenvalue weighted by Gasteiger charge is -2.09. The van der Waals surface area contributed by atoms with Crippen molar-refractivity contribution in [3.05, 3.63) is 35.4 Å². The molecule has 0 aliphatic rings. The molecule has 1 aromatic rings. The van der Waals surface area contributed by atoms with Gasteiger partial charge in [-0.25, -0.2) is 9.59 Å². The van der Waals surface area contributed by atoms with Crippen molar-refractivity contribution in [3.8, 4) is 0 Å². The Labute approximate surface area is 192 Å². The Kier molecular flexibility index (Phi) is 14.6. The molecule has 0 aromatic heterocycles. The standard InChI is InChI=1S/C24H38O7S/c1-2-3-4-5-6-7-8-9-10-11-12-15-18-30-23(25)21-16-13-14-17-22(21)24(26)31-19-20-32(27,28)29/h13-14,16-17H,2-12,15,18-20H2,1H3,(H,27,28,29). The smallest absolute Gasteiger partial charge is 0.339 e. The van der Waals surface area contributed by atoms with Crippen LogP contribution in [-0.2, 0) is 19.6 Å². The maximum atomic E-state index is 12.3. The van der Waals surface area contributed by atoms with Crippen molar-refractivity contribution in [1.82, 2.24) is 0 Å². The van der Waals surface area contributed by atoms with Crippen molar-refractivity contribution in [1.29, 1.82) is 0 Å². The van der Waals surface area contributed by atoms with Crippen LogP contribution in [0.25, 0.3) is 0 Å². The predicted molar refractivity (Wildman–Crippen MR) is 125 cm³/mol. The Balaban J connectivity index is 2.21. The number of carbonyl (C=O) groups excluding carboxylic acids is 2. The summed E-state index contributed by atoms with van der Waals surface area (Å²) in [5, 5.41) is 0. The fourth-order valence-corrected chi connectivity index (χ4v) is 3.64. The molecule has 0 fully saturated rings. The van der Waals surface area contributed by atoms with E-state index in [4.69, 9.17) is 14.0 Å². The van der Waals surface area contributed by atoms with E-state index in [9.17, 15) is 18.0 Å². The zero-order valence-electron chi connectivity index (χ0n) is 19.2. The zero-order chi connectivity index (χ0) is 23.7. The molecular weight excluding hydrogens is 432 g/mol. The third-order valence-electron chi connectivity index (χ3n) is 5.17. The summed E-state index contributed by atoms with van der Waals surface area (Å²) < 4.78 is 40.3. The van der Waals surface area contributed by atoms with Gasteiger partial charge in [0.05, 0.1) is 17.7 Å². The number of unbranched alkanes of at least 4 members (excludes halogenated alkanes) is 11. The molecule has 182 valence electrons. The van der Waals surface area contributed by atoms with Crippen LogP contribution in [0.15, 0.2) is 24.3 Å². The number of carbonyl (C=O) groups is 2. The average molecular weight is 471 g/mol. The highest BCUT2D eigenvalue weighted by molar-refractivity contribution is 7.85. The van der Waals surface area contributed by atoms with E-state index < -0.39 is 34.4 Å². The second kappa shape index (κ2) is 16.7. The van der Waals surface area contributed by atoms with E-state index in [1.165, 1.54) is 69.9 Å². The lowest BCUT2D eigenvalue weighted by Crippen LogP contribution is -2.18. The molecule has 0 aliphatic carbocycles. The van der Waals surface area contributed by atoms with Crippen molar-refractivity contribution in [2.24, 2.45) is 0 Å². The second-order valence-corrected chi connectivity index (χ2v) is 9.56. The lowest BCUT2D eigenvalue weighted by molar-refractivity contribution is 0.0463. The molecule has 0 saturated heterocycles. The zero-order valence-corrected chi connectivity index (χ0v) is 20.0. The lowest BCUT2D eigenvalue weighted by atomic mass is 10.1. The Bertz CT molecular complexity index is 774. The van der Waals surface area contributed by atoms with E-state index in [2.05, 4.69) is 6.92 Å². The van der Waals surface area contributed by atoms with Gasteiger partial charge in [0, 0.05) is 0 Å². The molecule has 0 amide bonds. The number of benzene rings is 1. The molecule has 0 unspecified atom stereocenters. The number of rotatable bonds is 18. The second-order valence-electron chi connectivity index (χ2n) is 7.99. The summed E-state index contributed by atoms with van der Waals surface area (Å²) in [6, 6.07) is 6.05. The number of hydrogen-bond donors (Lipinski definition) is 1. The summed E-state index contributed by atoms with van der Waals surface area (Å²) in [6.07, 6.45) is 14.6. The summed E-state index contributed by atoms with van der Waals surface area (Å²) in [5.74, 6) is -2.16. The van der Waals surface area contributed by atoms with Gasteiger partial charge in [0.25, 0.3) is 10.1 Å². The van der Waals surface area contributed by atoms with Crippen LogP contribution in [0.4, 0.5) is 0 Å². The molecular formula is C24H38O7S. The Morgan fingerprint density at radius 2 is 1.12 bits per heavy atom. The van der Waals surface area contributed by atoms with Gasteiger partial charge in [0.15, 0.2) is 0 Å². The fourth-order valence-electron chi connectivity index (χ4n) is 3.34. The molecule has 0 bridgehead atoms. The number of hydrogen-bond acceptors (Lipinski definition) is 6. The van der Waals surface area contributed by atoms with Crippen molar-refractivity contribution in [2.45, 2.75) is 84.0 Å². The molecule has 1 aromatic carbocycles. The monoisotopic (exact) mass is 470 g/mol. The molecule has 1 rings (SSSR count). The van der Waals surface area contributed by atoms with E-state index in [1.807, 2.05) is 0 Å². The van der Waals surface area contributed by atoms with Gasteiger partial charge in [-0.2, -0.15) is 8.42 Å². The van der Waals surface area contributed by atoms with Gasteiger partial charge in [0.1, 0.15) is 12.4 Å². The van der Waals surface area contributed by atoms with Gasteiger partial charge < -0.3 is 9.47 Å². The fraction of sp³-hybridized carbons (Fsp3) is 0.667. The largest absolute Gasteiger partial charge is 0.462 e.